The summed E-state index contributed by atoms with van der Waals surface area (Å²) < 4.78 is 0. The molecule has 30 heavy (non-hydrogen) atoms. The normalized spacial score (nSPS) is 12.8. The fourth-order valence-electron chi connectivity index (χ4n) is 3.55. The van der Waals surface area contributed by atoms with Gasteiger partial charge < -0.3 is 4.90 Å². The van der Waals surface area contributed by atoms with E-state index in [4.69, 9.17) is 0 Å². The van der Waals surface area contributed by atoms with E-state index >= 15 is 0 Å². The molecule has 3 aromatic rings. The van der Waals surface area contributed by atoms with Crippen molar-refractivity contribution in [1.29, 1.82) is 0 Å². The molecule has 0 radical (unpaired) electrons. The zero-order valence-corrected chi connectivity index (χ0v) is 16.3. The number of nitrogens with zero attached hydrogens (tertiary/aromatic N) is 4. The van der Waals surface area contributed by atoms with Crippen LogP contribution in [0, 0.1) is 17.0 Å². The summed E-state index contributed by atoms with van der Waals surface area (Å²) in [7, 11) is 0. The Hall–Kier alpha value is -4.01. The maximum absolute atomic E-state index is 12.4. The molecule has 9 heteroatoms. The summed E-state index contributed by atoms with van der Waals surface area (Å²) >= 11 is 0. The molecule has 0 saturated carbocycles. The van der Waals surface area contributed by atoms with Gasteiger partial charge in [-0.25, -0.2) is 9.97 Å². The third-order valence-corrected chi connectivity index (χ3v) is 5.10. The summed E-state index contributed by atoms with van der Waals surface area (Å²) in [6.45, 7) is 2.93. The smallest absolute Gasteiger partial charge is 0.346 e. The van der Waals surface area contributed by atoms with Crippen LogP contribution in [0.5, 0.6) is 0 Å². The van der Waals surface area contributed by atoms with Gasteiger partial charge in [0.2, 0.25) is 11.6 Å². The maximum atomic E-state index is 12.4. The molecule has 0 aliphatic carbocycles. The Labute approximate surface area is 172 Å². The first-order valence-corrected chi connectivity index (χ1v) is 9.47. The van der Waals surface area contributed by atoms with E-state index < -0.39 is 10.8 Å². The number of hydrogen-bond acceptors (Lipinski definition) is 7. The third kappa shape index (κ3) is 3.77. The van der Waals surface area contributed by atoms with Crippen molar-refractivity contribution in [2.75, 3.05) is 16.9 Å². The van der Waals surface area contributed by atoms with Crippen LogP contribution in [0.3, 0.4) is 0 Å². The topological polar surface area (TPSA) is 113 Å². The van der Waals surface area contributed by atoms with E-state index in [2.05, 4.69) is 26.9 Å². The number of fused-ring (bicyclic) bond motifs is 1. The van der Waals surface area contributed by atoms with Gasteiger partial charge in [-0.15, -0.1) is 0 Å². The van der Waals surface area contributed by atoms with Gasteiger partial charge in [0.1, 0.15) is 6.33 Å². The van der Waals surface area contributed by atoms with Gasteiger partial charge in [-0.1, -0.05) is 42.5 Å². The van der Waals surface area contributed by atoms with Gasteiger partial charge in [0.15, 0.2) is 0 Å². The second-order valence-corrected chi connectivity index (χ2v) is 6.99. The first-order chi connectivity index (χ1) is 14.5. The maximum Gasteiger partial charge on any atom is 0.355 e. The second-order valence-electron chi connectivity index (χ2n) is 6.99. The molecule has 1 aromatic heterocycles. The molecule has 2 aromatic carbocycles. The van der Waals surface area contributed by atoms with E-state index in [-0.39, 0.29) is 17.3 Å². The fourth-order valence-corrected chi connectivity index (χ4v) is 3.55. The van der Waals surface area contributed by atoms with Gasteiger partial charge in [0.05, 0.1) is 4.92 Å². The van der Waals surface area contributed by atoms with E-state index in [0.29, 0.717) is 18.7 Å². The third-order valence-electron chi connectivity index (χ3n) is 5.10. The number of nitrogens with one attached hydrogen (secondary N) is 2. The van der Waals surface area contributed by atoms with Crippen LogP contribution in [0.4, 0.5) is 17.3 Å². The Morgan fingerprint density at radius 3 is 2.60 bits per heavy atom. The fraction of sp³-hybridized carbons (Fsp3) is 0.190. The molecule has 0 bridgehead atoms. The molecule has 1 amide bonds. The molecule has 0 atom stereocenters. The van der Waals surface area contributed by atoms with Crippen LogP contribution in [-0.4, -0.2) is 27.3 Å². The van der Waals surface area contributed by atoms with Crippen LogP contribution in [0.1, 0.15) is 27.0 Å². The Morgan fingerprint density at radius 2 is 1.83 bits per heavy atom. The van der Waals surface area contributed by atoms with Crippen LogP contribution in [0.25, 0.3) is 0 Å². The largest absolute Gasteiger partial charge is 0.355 e. The average molecular weight is 404 g/mol. The summed E-state index contributed by atoms with van der Waals surface area (Å²) in [6, 6.07) is 15.1. The molecule has 0 unspecified atom stereocenters. The number of aryl methyl sites for hydroxylation is 1. The lowest BCUT2D eigenvalue weighted by atomic mass is 10.00. The number of amides is 1. The number of carbonyl (C=O) groups is 1. The van der Waals surface area contributed by atoms with Crippen molar-refractivity contribution >= 4 is 23.2 Å². The quantitative estimate of drug-likeness (QED) is 0.496. The van der Waals surface area contributed by atoms with E-state index in [0.717, 1.165) is 17.5 Å². The first kappa shape index (κ1) is 19.3. The SMILES string of the molecule is Cc1ccccc1C(=O)NNc1ncnc(N2CCc3ccccc3C2)c1[N+](=O)[O-]. The average Bonchev–Trinajstić information content (AvgIpc) is 2.77. The van der Waals surface area contributed by atoms with Crippen LogP contribution in [-0.2, 0) is 13.0 Å². The van der Waals surface area contributed by atoms with Crippen LogP contribution >= 0.6 is 0 Å². The van der Waals surface area contributed by atoms with Crippen molar-refractivity contribution in [2.24, 2.45) is 0 Å². The van der Waals surface area contributed by atoms with Crippen molar-refractivity contribution in [3.05, 3.63) is 87.2 Å². The van der Waals surface area contributed by atoms with Crippen LogP contribution < -0.4 is 15.8 Å². The molecule has 0 spiro atoms. The predicted octanol–water partition coefficient (Wildman–Crippen LogP) is 3.01. The molecule has 4 rings (SSSR count). The van der Waals surface area contributed by atoms with Crippen molar-refractivity contribution in [1.82, 2.24) is 15.4 Å². The molecule has 9 nitrogen and oxygen atoms in total. The lowest BCUT2D eigenvalue weighted by Crippen LogP contribution is -2.33. The van der Waals surface area contributed by atoms with E-state index in [9.17, 15) is 14.9 Å². The van der Waals surface area contributed by atoms with E-state index in [1.54, 1.807) is 12.1 Å². The summed E-state index contributed by atoms with van der Waals surface area (Å²) in [5.41, 5.74) is 8.42. The lowest BCUT2D eigenvalue weighted by Gasteiger charge is -2.29. The highest BCUT2D eigenvalue weighted by molar-refractivity contribution is 5.96. The van der Waals surface area contributed by atoms with Crippen molar-refractivity contribution in [2.45, 2.75) is 19.9 Å². The molecule has 0 fully saturated rings. The van der Waals surface area contributed by atoms with Crippen molar-refractivity contribution in [3.8, 4) is 0 Å². The Morgan fingerprint density at radius 1 is 1.10 bits per heavy atom. The van der Waals surface area contributed by atoms with Crippen LogP contribution in [0.2, 0.25) is 0 Å². The van der Waals surface area contributed by atoms with E-state index in [1.165, 1.54) is 11.9 Å². The zero-order chi connectivity index (χ0) is 21.1. The number of carbonyl (C=O) groups excluding carboxylic acids is 1. The summed E-state index contributed by atoms with van der Waals surface area (Å²) in [6.07, 6.45) is 2.02. The van der Waals surface area contributed by atoms with Gasteiger partial charge in [0, 0.05) is 18.7 Å². The number of aromatic nitrogens is 2. The number of hydrazine groups is 1. The first-order valence-electron chi connectivity index (χ1n) is 9.47. The highest BCUT2D eigenvalue weighted by Gasteiger charge is 2.29. The molecular weight excluding hydrogens is 384 g/mol. The molecule has 1 aliphatic heterocycles. The molecule has 152 valence electrons. The van der Waals surface area contributed by atoms with E-state index in [1.807, 2.05) is 42.2 Å². The van der Waals surface area contributed by atoms with Crippen molar-refractivity contribution < 1.29 is 9.72 Å². The van der Waals surface area contributed by atoms with Gasteiger partial charge in [-0.3, -0.25) is 25.8 Å². The van der Waals surface area contributed by atoms with Gasteiger partial charge in [-0.05, 0) is 36.1 Å². The van der Waals surface area contributed by atoms with Gasteiger partial charge >= 0.3 is 5.69 Å². The second kappa shape index (κ2) is 8.16. The standard InChI is InChI=1S/C21H20N6O3/c1-14-6-2-5-9-17(14)21(28)25-24-19-18(27(29)30)20(23-13-22-19)26-11-10-15-7-3-4-8-16(15)12-26/h2-9,13H,10-12H2,1H3,(H,25,28)(H,22,23,24). The van der Waals surface area contributed by atoms with Gasteiger partial charge in [-0.2, -0.15) is 0 Å². The molecule has 2 heterocycles. The number of hydrogen-bond donors (Lipinski definition) is 2. The number of rotatable bonds is 5. The number of benzene rings is 2. The summed E-state index contributed by atoms with van der Waals surface area (Å²) in [5, 5.41) is 11.8. The summed E-state index contributed by atoms with van der Waals surface area (Å²) in [5.74, 6) is -0.252. The Balaban J connectivity index is 1.59. The minimum Gasteiger partial charge on any atom is -0.346 e. The number of nitro groups is 1. The highest BCUT2D eigenvalue weighted by atomic mass is 16.6. The van der Waals surface area contributed by atoms with Gasteiger partial charge in [0.25, 0.3) is 5.91 Å². The molecule has 2 N–H and O–H groups in total. The Kier molecular flexibility index (Phi) is 5.25. The minimum atomic E-state index is -0.530. The predicted molar refractivity (Wildman–Crippen MR) is 112 cm³/mol. The lowest BCUT2D eigenvalue weighted by molar-refractivity contribution is -0.383. The molecule has 0 saturated heterocycles. The summed E-state index contributed by atoms with van der Waals surface area (Å²) in [4.78, 5) is 33.8. The number of anilines is 2. The monoisotopic (exact) mass is 404 g/mol. The highest BCUT2D eigenvalue weighted by Crippen LogP contribution is 2.34. The molecule has 1 aliphatic rings. The van der Waals surface area contributed by atoms with Crippen LogP contribution in [0.15, 0.2) is 54.9 Å². The molecular formula is C21H20N6O3. The minimum absolute atomic E-state index is 0.0641. The van der Waals surface area contributed by atoms with Crippen molar-refractivity contribution in [3.63, 3.8) is 0 Å². The zero-order valence-electron chi connectivity index (χ0n) is 16.3. The Bertz CT molecular complexity index is 1120.